The van der Waals surface area contributed by atoms with Crippen molar-refractivity contribution in [3.05, 3.63) is 35.1 Å². The van der Waals surface area contributed by atoms with E-state index in [-0.39, 0.29) is 11.9 Å². The molecule has 68 valence electrons. The van der Waals surface area contributed by atoms with E-state index in [0.29, 0.717) is 6.10 Å². The SMILES string of the molecule is Fc1ccc2c(c1)CCC[C@@H]1O[C@@H]21. The van der Waals surface area contributed by atoms with Crippen LogP contribution in [0.2, 0.25) is 0 Å². The lowest BCUT2D eigenvalue weighted by Gasteiger charge is -2.04. The minimum absolute atomic E-state index is 0.127. The summed E-state index contributed by atoms with van der Waals surface area (Å²) in [6.07, 6.45) is 3.95. The van der Waals surface area contributed by atoms with Crippen LogP contribution in [0.25, 0.3) is 0 Å². The van der Waals surface area contributed by atoms with Crippen molar-refractivity contribution in [3.63, 3.8) is 0 Å². The Labute approximate surface area is 76.5 Å². The van der Waals surface area contributed by atoms with Gasteiger partial charge in [-0.3, -0.25) is 0 Å². The van der Waals surface area contributed by atoms with Gasteiger partial charge in [0.25, 0.3) is 0 Å². The second kappa shape index (κ2) is 2.55. The molecule has 2 heteroatoms. The molecule has 0 amide bonds. The van der Waals surface area contributed by atoms with E-state index < -0.39 is 0 Å². The predicted molar refractivity (Wildman–Crippen MR) is 47.0 cm³/mol. The van der Waals surface area contributed by atoms with Crippen LogP contribution in [-0.4, -0.2) is 6.10 Å². The van der Waals surface area contributed by atoms with Crippen LogP contribution in [0, 0.1) is 5.82 Å². The van der Waals surface area contributed by atoms with Gasteiger partial charge in [0.2, 0.25) is 0 Å². The molecule has 2 atom stereocenters. The van der Waals surface area contributed by atoms with Crippen molar-refractivity contribution in [1.29, 1.82) is 0 Å². The van der Waals surface area contributed by atoms with E-state index in [0.717, 1.165) is 24.8 Å². The number of epoxide rings is 1. The predicted octanol–water partition coefficient (Wildman–Crippen LogP) is 2.60. The first kappa shape index (κ1) is 7.51. The average Bonchev–Trinajstić information content (AvgIpc) is 2.82. The lowest BCUT2D eigenvalue weighted by molar-refractivity contribution is 0.357. The van der Waals surface area contributed by atoms with Crippen LogP contribution in [-0.2, 0) is 11.2 Å². The van der Waals surface area contributed by atoms with Crippen molar-refractivity contribution in [2.24, 2.45) is 0 Å². The fraction of sp³-hybridized carbons (Fsp3) is 0.455. The van der Waals surface area contributed by atoms with Gasteiger partial charge in [0.15, 0.2) is 0 Å². The summed E-state index contributed by atoms with van der Waals surface area (Å²) in [6, 6.07) is 5.06. The van der Waals surface area contributed by atoms with E-state index in [1.54, 1.807) is 6.07 Å². The highest BCUT2D eigenvalue weighted by molar-refractivity contribution is 5.34. The first-order valence-electron chi connectivity index (χ1n) is 4.78. The van der Waals surface area contributed by atoms with Crippen LogP contribution >= 0.6 is 0 Å². The van der Waals surface area contributed by atoms with Crippen LogP contribution in [0.3, 0.4) is 0 Å². The maximum absolute atomic E-state index is 12.9. The molecule has 0 saturated carbocycles. The minimum Gasteiger partial charge on any atom is -0.364 e. The Hall–Kier alpha value is -0.890. The summed E-state index contributed by atoms with van der Waals surface area (Å²) < 4.78 is 18.4. The van der Waals surface area contributed by atoms with Gasteiger partial charge in [-0.25, -0.2) is 4.39 Å². The maximum Gasteiger partial charge on any atom is 0.123 e. The molecule has 0 aromatic heterocycles. The molecule has 3 rings (SSSR count). The Morgan fingerprint density at radius 1 is 1.38 bits per heavy atom. The van der Waals surface area contributed by atoms with Crippen LogP contribution in [0.1, 0.15) is 30.1 Å². The fourth-order valence-electron chi connectivity index (χ4n) is 2.20. The normalized spacial score (nSPS) is 30.2. The van der Waals surface area contributed by atoms with E-state index in [4.69, 9.17) is 4.74 Å². The number of ether oxygens (including phenoxy) is 1. The third-order valence-corrected chi connectivity index (χ3v) is 2.93. The highest BCUT2D eigenvalue weighted by atomic mass is 19.1. The maximum atomic E-state index is 12.9. The van der Waals surface area contributed by atoms with E-state index >= 15 is 0 Å². The Morgan fingerprint density at radius 3 is 3.23 bits per heavy atom. The van der Waals surface area contributed by atoms with Crippen molar-refractivity contribution < 1.29 is 9.13 Å². The molecular formula is C11H11FO. The minimum atomic E-state index is -0.127. The second-order valence-electron chi connectivity index (χ2n) is 3.83. The number of aryl methyl sites for hydroxylation is 1. The molecule has 0 radical (unpaired) electrons. The summed E-state index contributed by atoms with van der Waals surface area (Å²) in [4.78, 5) is 0. The number of fused-ring (bicyclic) bond motifs is 3. The molecule has 2 aliphatic rings. The molecule has 1 aromatic carbocycles. The molecule has 0 unspecified atom stereocenters. The summed E-state index contributed by atoms with van der Waals surface area (Å²) in [5.74, 6) is -0.127. The van der Waals surface area contributed by atoms with Crippen LogP contribution in [0.4, 0.5) is 4.39 Å². The van der Waals surface area contributed by atoms with Gasteiger partial charge >= 0.3 is 0 Å². The molecule has 0 bridgehead atoms. The molecule has 1 aromatic rings. The highest BCUT2D eigenvalue weighted by Crippen LogP contribution is 2.45. The van der Waals surface area contributed by atoms with Gasteiger partial charge in [0, 0.05) is 0 Å². The van der Waals surface area contributed by atoms with E-state index in [1.807, 2.05) is 6.07 Å². The first-order valence-corrected chi connectivity index (χ1v) is 4.78. The standard InChI is InChI=1S/C11H11FO/c12-8-4-5-9-7(6-8)2-1-3-10-11(9)13-10/h4-6,10-11H,1-3H2/t10-,11-/m0/s1. The Bertz CT molecular complexity index is 348. The van der Waals surface area contributed by atoms with Gasteiger partial charge in [-0.2, -0.15) is 0 Å². The number of benzene rings is 1. The number of hydrogen-bond donors (Lipinski definition) is 0. The lowest BCUT2D eigenvalue weighted by Crippen LogP contribution is -1.92. The molecule has 1 nitrogen and oxygen atoms in total. The Morgan fingerprint density at radius 2 is 2.31 bits per heavy atom. The third-order valence-electron chi connectivity index (χ3n) is 2.93. The third kappa shape index (κ3) is 1.17. The molecule has 0 spiro atoms. The van der Waals surface area contributed by atoms with Crippen molar-refractivity contribution in [2.45, 2.75) is 31.5 Å². The topological polar surface area (TPSA) is 12.5 Å². The summed E-state index contributed by atoms with van der Waals surface area (Å²) in [5.41, 5.74) is 2.36. The second-order valence-corrected chi connectivity index (χ2v) is 3.83. The van der Waals surface area contributed by atoms with Gasteiger partial charge in [-0.05, 0) is 42.5 Å². The highest BCUT2D eigenvalue weighted by Gasteiger charge is 2.42. The molecule has 13 heavy (non-hydrogen) atoms. The fourth-order valence-corrected chi connectivity index (χ4v) is 2.20. The van der Waals surface area contributed by atoms with Crippen molar-refractivity contribution in [2.75, 3.05) is 0 Å². The summed E-state index contributed by atoms with van der Waals surface area (Å²) in [7, 11) is 0. The van der Waals surface area contributed by atoms with Crippen molar-refractivity contribution in [3.8, 4) is 0 Å². The number of rotatable bonds is 0. The van der Waals surface area contributed by atoms with Gasteiger partial charge in [-0.1, -0.05) is 6.07 Å². The Kier molecular flexibility index (Phi) is 1.47. The quantitative estimate of drug-likeness (QED) is 0.556. The molecule has 1 saturated heterocycles. The first-order chi connectivity index (χ1) is 6.34. The molecular weight excluding hydrogens is 167 g/mol. The largest absolute Gasteiger partial charge is 0.364 e. The van der Waals surface area contributed by atoms with E-state index in [2.05, 4.69) is 0 Å². The van der Waals surface area contributed by atoms with Gasteiger partial charge in [-0.15, -0.1) is 0 Å². The Balaban J connectivity index is 2.08. The van der Waals surface area contributed by atoms with Crippen LogP contribution < -0.4 is 0 Å². The summed E-state index contributed by atoms with van der Waals surface area (Å²) in [6.45, 7) is 0. The molecule has 0 N–H and O–H groups in total. The summed E-state index contributed by atoms with van der Waals surface area (Å²) in [5, 5.41) is 0. The smallest absolute Gasteiger partial charge is 0.123 e. The molecule has 1 fully saturated rings. The van der Waals surface area contributed by atoms with Crippen LogP contribution in [0.15, 0.2) is 18.2 Å². The molecule has 1 heterocycles. The van der Waals surface area contributed by atoms with Crippen molar-refractivity contribution in [1.82, 2.24) is 0 Å². The number of halogens is 1. The molecule has 1 aliphatic heterocycles. The zero-order valence-electron chi connectivity index (χ0n) is 7.29. The van der Waals surface area contributed by atoms with Crippen LogP contribution in [0.5, 0.6) is 0 Å². The molecule has 1 aliphatic carbocycles. The zero-order chi connectivity index (χ0) is 8.84. The average molecular weight is 178 g/mol. The van der Waals surface area contributed by atoms with Crippen molar-refractivity contribution >= 4 is 0 Å². The number of hydrogen-bond acceptors (Lipinski definition) is 1. The van der Waals surface area contributed by atoms with Gasteiger partial charge in [0.1, 0.15) is 11.9 Å². The van der Waals surface area contributed by atoms with E-state index in [9.17, 15) is 4.39 Å². The van der Waals surface area contributed by atoms with Gasteiger partial charge in [0.05, 0.1) is 6.10 Å². The monoisotopic (exact) mass is 178 g/mol. The van der Waals surface area contributed by atoms with E-state index in [1.165, 1.54) is 11.6 Å². The lowest BCUT2D eigenvalue weighted by atomic mass is 10.0. The summed E-state index contributed by atoms with van der Waals surface area (Å²) >= 11 is 0. The van der Waals surface area contributed by atoms with Gasteiger partial charge < -0.3 is 4.74 Å². The zero-order valence-corrected chi connectivity index (χ0v) is 7.29.